The zero-order chi connectivity index (χ0) is 20.2. The lowest BCUT2D eigenvalue weighted by Crippen LogP contribution is -2.37. The lowest BCUT2D eigenvalue weighted by Gasteiger charge is -2.13. The normalized spacial score (nSPS) is 15.4. The predicted octanol–water partition coefficient (Wildman–Crippen LogP) is 2.96. The van der Waals surface area contributed by atoms with E-state index in [9.17, 15) is 14.4 Å². The van der Waals surface area contributed by atoms with Crippen molar-refractivity contribution in [2.24, 2.45) is 0 Å². The molecule has 0 spiro atoms. The highest BCUT2D eigenvalue weighted by molar-refractivity contribution is 8.18. The summed E-state index contributed by atoms with van der Waals surface area (Å²) in [5.74, 6) is -0.512. The van der Waals surface area contributed by atoms with Crippen molar-refractivity contribution in [1.82, 2.24) is 20.2 Å². The third-order valence-electron chi connectivity index (χ3n) is 4.54. The number of hydrogen-bond acceptors (Lipinski definition) is 5. The molecule has 3 aromatic rings. The number of aromatic nitrogens is 2. The molecule has 8 heteroatoms. The van der Waals surface area contributed by atoms with Gasteiger partial charge in [-0.15, -0.1) is 0 Å². The van der Waals surface area contributed by atoms with Gasteiger partial charge in [0.2, 0.25) is 5.91 Å². The summed E-state index contributed by atoms with van der Waals surface area (Å²) in [6, 6.07) is 11.3. The molecule has 2 aromatic heterocycles. The molecule has 3 heterocycles. The van der Waals surface area contributed by atoms with Crippen LogP contribution < -0.4 is 5.32 Å². The number of para-hydroxylation sites is 1. The molecule has 29 heavy (non-hydrogen) atoms. The summed E-state index contributed by atoms with van der Waals surface area (Å²) < 4.78 is 0. The van der Waals surface area contributed by atoms with Gasteiger partial charge in [-0.2, -0.15) is 0 Å². The van der Waals surface area contributed by atoms with E-state index >= 15 is 0 Å². The second-order valence-electron chi connectivity index (χ2n) is 6.51. The van der Waals surface area contributed by atoms with Crippen molar-refractivity contribution in [3.8, 4) is 0 Å². The average molecular weight is 406 g/mol. The number of nitrogens with zero attached hydrogens (tertiary/aromatic N) is 2. The van der Waals surface area contributed by atoms with Gasteiger partial charge in [0, 0.05) is 42.6 Å². The smallest absolute Gasteiger partial charge is 0.293 e. The van der Waals surface area contributed by atoms with Crippen LogP contribution in [-0.2, 0) is 16.0 Å². The number of H-pyrrole nitrogens is 1. The van der Waals surface area contributed by atoms with Crippen LogP contribution in [0.15, 0.2) is 59.9 Å². The first kappa shape index (κ1) is 18.9. The Kier molecular flexibility index (Phi) is 5.44. The summed E-state index contributed by atoms with van der Waals surface area (Å²) in [6.07, 6.45) is 6.96. The summed E-state index contributed by atoms with van der Waals surface area (Å²) in [5.41, 5.74) is 2.64. The van der Waals surface area contributed by atoms with Crippen LogP contribution in [0.3, 0.4) is 0 Å². The van der Waals surface area contributed by atoms with E-state index in [4.69, 9.17) is 0 Å². The van der Waals surface area contributed by atoms with Gasteiger partial charge >= 0.3 is 0 Å². The van der Waals surface area contributed by atoms with Crippen LogP contribution in [0.5, 0.6) is 0 Å². The van der Waals surface area contributed by atoms with Gasteiger partial charge in [0.15, 0.2) is 0 Å². The number of pyridine rings is 1. The molecule has 1 aromatic carbocycles. The highest BCUT2D eigenvalue weighted by Gasteiger charge is 2.34. The van der Waals surface area contributed by atoms with Crippen molar-refractivity contribution < 1.29 is 14.4 Å². The molecule has 0 radical (unpaired) electrons. The van der Waals surface area contributed by atoms with Crippen LogP contribution in [0.4, 0.5) is 4.79 Å². The van der Waals surface area contributed by atoms with Gasteiger partial charge in [-0.3, -0.25) is 24.3 Å². The van der Waals surface area contributed by atoms with E-state index in [1.807, 2.05) is 36.5 Å². The molecular formula is C21H18N4O3S. The molecule has 1 fully saturated rings. The summed E-state index contributed by atoms with van der Waals surface area (Å²) in [4.78, 5) is 45.5. The Labute approximate surface area is 171 Å². The van der Waals surface area contributed by atoms with Gasteiger partial charge in [0.25, 0.3) is 11.1 Å². The van der Waals surface area contributed by atoms with E-state index < -0.39 is 0 Å². The number of thioether (sulfide) groups is 1. The van der Waals surface area contributed by atoms with E-state index in [2.05, 4.69) is 15.3 Å². The number of carbonyl (C=O) groups is 3. The van der Waals surface area contributed by atoms with Gasteiger partial charge in [-0.1, -0.05) is 24.3 Å². The lowest BCUT2D eigenvalue weighted by atomic mass is 10.1. The molecule has 0 bridgehead atoms. The summed E-state index contributed by atoms with van der Waals surface area (Å²) in [7, 11) is 0. The van der Waals surface area contributed by atoms with Crippen molar-refractivity contribution in [2.45, 2.75) is 6.42 Å². The van der Waals surface area contributed by atoms with Crippen molar-refractivity contribution in [1.29, 1.82) is 0 Å². The van der Waals surface area contributed by atoms with E-state index in [0.717, 1.165) is 38.7 Å². The number of aromatic amines is 1. The van der Waals surface area contributed by atoms with E-state index in [-0.39, 0.29) is 36.6 Å². The van der Waals surface area contributed by atoms with Crippen LogP contribution in [0.1, 0.15) is 11.1 Å². The maximum absolute atomic E-state index is 12.5. The number of rotatable bonds is 6. The molecule has 4 rings (SSSR count). The maximum Gasteiger partial charge on any atom is 0.293 e. The van der Waals surface area contributed by atoms with Crippen LogP contribution in [-0.4, -0.2) is 45.0 Å². The van der Waals surface area contributed by atoms with Crippen molar-refractivity contribution in [3.05, 3.63) is 71.0 Å². The second-order valence-corrected chi connectivity index (χ2v) is 7.50. The minimum atomic E-state index is -0.352. The number of imide groups is 1. The molecule has 1 saturated heterocycles. The van der Waals surface area contributed by atoms with Crippen LogP contribution >= 0.6 is 11.8 Å². The first-order chi connectivity index (χ1) is 14.1. The molecule has 0 unspecified atom stereocenters. The fraction of sp³-hybridized carbons (Fsp3) is 0.143. The molecule has 0 saturated carbocycles. The summed E-state index contributed by atoms with van der Waals surface area (Å²) in [6.45, 7) is 0.341. The zero-order valence-corrected chi connectivity index (χ0v) is 16.2. The number of hydrogen-bond donors (Lipinski definition) is 2. The largest absolute Gasteiger partial charge is 0.361 e. The van der Waals surface area contributed by atoms with Gasteiger partial charge in [-0.25, -0.2) is 0 Å². The van der Waals surface area contributed by atoms with Crippen molar-refractivity contribution >= 4 is 45.8 Å². The predicted molar refractivity (Wildman–Crippen MR) is 112 cm³/mol. The van der Waals surface area contributed by atoms with Gasteiger partial charge in [0.05, 0.1) is 11.3 Å². The van der Waals surface area contributed by atoms with Crippen LogP contribution in [0.25, 0.3) is 17.0 Å². The third-order valence-corrected chi connectivity index (χ3v) is 5.45. The molecule has 1 aliphatic heterocycles. The van der Waals surface area contributed by atoms with E-state index in [1.54, 1.807) is 24.5 Å². The molecule has 3 amide bonds. The molecule has 1 aliphatic rings. The van der Waals surface area contributed by atoms with Crippen LogP contribution in [0, 0.1) is 0 Å². The Morgan fingerprint density at radius 1 is 1.21 bits per heavy atom. The van der Waals surface area contributed by atoms with Crippen molar-refractivity contribution in [2.75, 3.05) is 13.1 Å². The number of carbonyl (C=O) groups excluding carboxylic acids is 3. The van der Waals surface area contributed by atoms with Gasteiger partial charge in [-0.05, 0) is 41.1 Å². The summed E-state index contributed by atoms with van der Waals surface area (Å²) >= 11 is 0.895. The Bertz CT molecular complexity index is 1110. The van der Waals surface area contributed by atoms with Gasteiger partial charge < -0.3 is 10.3 Å². The Hall–Kier alpha value is -3.39. The number of amides is 3. The number of fused-ring (bicyclic) bond motifs is 1. The highest BCUT2D eigenvalue weighted by atomic mass is 32.2. The fourth-order valence-electron chi connectivity index (χ4n) is 3.13. The third kappa shape index (κ3) is 4.22. The van der Waals surface area contributed by atoms with Crippen LogP contribution in [0.2, 0.25) is 0 Å². The first-order valence-electron chi connectivity index (χ1n) is 9.09. The minimum absolute atomic E-state index is 0.134. The lowest BCUT2D eigenvalue weighted by molar-refractivity contribution is -0.124. The van der Waals surface area contributed by atoms with Gasteiger partial charge in [0.1, 0.15) is 0 Å². The molecular weight excluding hydrogens is 388 g/mol. The Morgan fingerprint density at radius 3 is 2.90 bits per heavy atom. The maximum atomic E-state index is 12.5. The Morgan fingerprint density at radius 2 is 2.07 bits per heavy atom. The SMILES string of the molecule is O=C(Cc1c[nH]c2ccccc12)NCCN1C(=O)S/C(=C/c2cccnc2)C1=O. The first-order valence-corrected chi connectivity index (χ1v) is 9.90. The minimum Gasteiger partial charge on any atom is -0.361 e. The topological polar surface area (TPSA) is 95.2 Å². The Balaban J connectivity index is 1.32. The molecule has 2 N–H and O–H groups in total. The second kappa shape index (κ2) is 8.32. The molecule has 0 atom stereocenters. The number of nitrogens with one attached hydrogen (secondary N) is 2. The molecule has 7 nitrogen and oxygen atoms in total. The van der Waals surface area contributed by atoms with E-state index in [0.29, 0.717) is 4.91 Å². The standard InChI is InChI=1S/C21H18N4O3S/c26-19(11-15-13-24-17-6-2-1-5-16(15)17)23-8-9-25-20(27)18(29-21(25)28)10-14-4-3-7-22-12-14/h1-7,10,12-13,24H,8-9,11H2,(H,23,26)/b18-10+. The summed E-state index contributed by atoms with van der Waals surface area (Å²) in [5, 5.41) is 3.45. The van der Waals surface area contributed by atoms with Crippen molar-refractivity contribution in [3.63, 3.8) is 0 Å². The zero-order valence-electron chi connectivity index (χ0n) is 15.4. The van der Waals surface area contributed by atoms with E-state index in [1.165, 1.54) is 0 Å². The highest BCUT2D eigenvalue weighted by Crippen LogP contribution is 2.31. The fourth-order valence-corrected chi connectivity index (χ4v) is 3.99. The molecule has 146 valence electrons. The monoisotopic (exact) mass is 406 g/mol. The quantitative estimate of drug-likeness (QED) is 0.614. The number of benzene rings is 1. The average Bonchev–Trinajstić information content (AvgIpc) is 3.25. The molecule has 0 aliphatic carbocycles.